The molecular weight excluding hydrogens is 450 g/mol. The van der Waals surface area contributed by atoms with E-state index in [0.29, 0.717) is 12.1 Å². The first-order valence-corrected chi connectivity index (χ1v) is 11.1. The Labute approximate surface area is 203 Å². The molecule has 0 aliphatic heterocycles. The molecule has 11 heteroatoms. The second kappa shape index (κ2) is 13.4. The Balaban J connectivity index is 2.11. The number of guanidine groups is 1. The monoisotopic (exact) mass is 481 g/mol. The van der Waals surface area contributed by atoms with Gasteiger partial charge in [0.2, 0.25) is 5.91 Å². The first-order valence-electron chi connectivity index (χ1n) is 11.1. The first kappa shape index (κ1) is 27.0. The van der Waals surface area contributed by atoms with Gasteiger partial charge in [-0.3, -0.25) is 10.2 Å². The molecule has 2 aromatic carbocycles. The van der Waals surface area contributed by atoms with Gasteiger partial charge in [-0.2, -0.15) is 0 Å². The highest BCUT2D eigenvalue weighted by molar-refractivity contribution is 5.90. The molecule has 0 heterocycles. The topological polar surface area (TPSA) is 182 Å². The lowest BCUT2D eigenvalue weighted by molar-refractivity contribution is -0.142. The van der Waals surface area contributed by atoms with Crippen molar-refractivity contribution < 1.29 is 19.5 Å². The highest BCUT2D eigenvalue weighted by atomic mass is 16.4. The second-order valence-electron chi connectivity index (χ2n) is 8.06. The molecule has 2 aromatic rings. The van der Waals surface area contributed by atoms with Crippen molar-refractivity contribution >= 4 is 29.6 Å². The number of amides is 3. The van der Waals surface area contributed by atoms with E-state index in [1.807, 2.05) is 32.0 Å². The highest BCUT2D eigenvalue weighted by Crippen LogP contribution is 2.20. The molecule has 0 bridgehead atoms. The van der Waals surface area contributed by atoms with Gasteiger partial charge in [0.15, 0.2) is 5.96 Å². The van der Waals surface area contributed by atoms with E-state index in [1.165, 1.54) is 0 Å². The number of carboxylic acid groups (broad SMARTS) is 1. The number of nitrogens with one attached hydrogen (secondary N) is 4. The predicted octanol–water partition coefficient (Wildman–Crippen LogP) is 2.54. The van der Waals surface area contributed by atoms with Crippen LogP contribution < -0.4 is 21.7 Å². The quantitative estimate of drug-likeness (QED) is 0.124. The molecule has 0 radical (unpaired) electrons. The van der Waals surface area contributed by atoms with E-state index in [-0.39, 0.29) is 25.3 Å². The lowest BCUT2D eigenvalue weighted by Crippen LogP contribution is -2.52. The zero-order valence-electron chi connectivity index (χ0n) is 19.7. The van der Waals surface area contributed by atoms with Crippen LogP contribution in [0.15, 0.2) is 58.8 Å². The van der Waals surface area contributed by atoms with Gasteiger partial charge in [0, 0.05) is 13.0 Å². The Hall–Kier alpha value is -4.28. The van der Waals surface area contributed by atoms with E-state index in [9.17, 15) is 19.5 Å². The Morgan fingerprint density at radius 3 is 2.43 bits per heavy atom. The summed E-state index contributed by atoms with van der Waals surface area (Å²) in [6.07, 6.45) is 0.603. The van der Waals surface area contributed by atoms with Crippen molar-refractivity contribution in [1.29, 1.82) is 5.41 Å². The number of carbonyl (C=O) groups is 3. The van der Waals surface area contributed by atoms with Crippen LogP contribution in [-0.4, -0.2) is 47.6 Å². The smallest absolute Gasteiger partial charge is 0.360 e. The molecule has 0 saturated carbocycles. The average molecular weight is 482 g/mol. The molecule has 35 heavy (non-hydrogen) atoms. The zero-order valence-corrected chi connectivity index (χ0v) is 19.7. The molecular formula is C24H31N7O4. The van der Waals surface area contributed by atoms with Crippen LogP contribution in [0.4, 0.5) is 10.5 Å². The summed E-state index contributed by atoms with van der Waals surface area (Å²) in [7, 11) is 0. The van der Waals surface area contributed by atoms with Crippen molar-refractivity contribution in [2.75, 3.05) is 6.54 Å². The summed E-state index contributed by atoms with van der Waals surface area (Å²) >= 11 is 0. The maximum Gasteiger partial charge on any atom is 0.360 e. The minimum Gasteiger partial charge on any atom is -0.480 e. The maximum absolute atomic E-state index is 13.0. The van der Waals surface area contributed by atoms with Gasteiger partial charge in [0.05, 0.1) is 5.69 Å². The van der Waals surface area contributed by atoms with Crippen molar-refractivity contribution in [3.8, 4) is 0 Å². The summed E-state index contributed by atoms with van der Waals surface area (Å²) in [5.41, 5.74) is 8.33. The third-order valence-corrected chi connectivity index (χ3v) is 5.11. The molecule has 0 aliphatic carbocycles. The summed E-state index contributed by atoms with van der Waals surface area (Å²) in [6.45, 7) is 4.03. The van der Waals surface area contributed by atoms with Crippen molar-refractivity contribution in [3.63, 3.8) is 0 Å². The predicted molar refractivity (Wildman–Crippen MR) is 132 cm³/mol. The van der Waals surface area contributed by atoms with Gasteiger partial charge in [-0.05, 0) is 49.4 Å². The minimum absolute atomic E-state index is 0.111. The fourth-order valence-electron chi connectivity index (χ4n) is 3.22. The van der Waals surface area contributed by atoms with Crippen LogP contribution >= 0.6 is 0 Å². The average Bonchev–Trinajstić information content (AvgIpc) is 2.81. The molecule has 0 fully saturated rings. The van der Waals surface area contributed by atoms with Crippen LogP contribution in [0, 0.1) is 19.3 Å². The third kappa shape index (κ3) is 9.62. The molecule has 3 amide bonds. The number of hydrogen-bond acceptors (Lipinski definition) is 5. The number of nitrogens with two attached hydrogens (primary N) is 1. The van der Waals surface area contributed by atoms with E-state index in [0.717, 1.165) is 16.7 Å². The lowest BCUT2D eigenvalue weighted by atomic mass is 10.0. The zero-order chi connectivity index (χ0) is 25.8. The van der Waals surface area contributed by atoms with Gasteiger partial charge in [0.1, 0.15) is 12.1 Å². The van der Waals surface area contributed by atoms with E-state index in [4.69, 9.17) is 11.1 Å². The number of benzene rings is 2. The van der Waals surface area contributed by atoms with Crippen LogP contribution in [0.3, 0.4) is 0 Å². The van der Waals surface area contributed by atoms with Gasteiger partial charge in [-0.15, -0.1) is 5.11 Å². The number of carboxylic acids is 1. The number of nitrogens with zero attached hydrogens (tertiary/aromatic N) is 2. The number of carbonyl (C=O) groups excluding carboxylic acids is 2. The van der Waals surface area contributed by atoms with Gasteiger partial charge in [-0.25, -0.2) is 9.59 Å². The highest BCUT2D eigenvalue weighted by Gasteiger charge is 2.26. The Morgan fingerprint density at radius 2 is 1.77 bits per heavy atom. The van der Waals surface area contributed by atoms with Crippen LogP contribution in [0.25, 0.3) is 0 Å². The van der Waals surface area contributed by atoms with Crippen molar-refractivity contribution in [2.45, 2.75) is 45.2 Å². The molecule has 186 valence electrons. The molecule has 0 saturated heterocycles. The summed E-state index contributed by atoms with van der Waals surface area (Å²) in [4.78, 5) is 37.1. The minimum atomic E-state index is -1.21. The van der Waals surface area contributed by atoms with Crippen molar-refractivity contribution in [3.05, 3.63) is 65.2 Å². The summed E-state index contributed by atoms with van der Waals surface area (Å²) < 4.78 is 0. The van der Waals surface area contributed by atoms with E-state index in [2.05, 4.69) is 26.2 Å². The van der Waals surface area contributed by atoms with Gasteiger partial charge in [-0.1, -0.05) is 47.6 Å². The van der Waals surface area contributed by atoms with E-state index >= 15 is 0 Å². The van der Waals surface area contributed by atoms with Gasteiger partial charge in [0.25, 0.3) is 0 Å². The van der Waals surface area contributed by atoms with Crippen LogP contribution in [-0.2, 0) is 16.0 Å². The fourth-order valence-corrected chi connectivity index (χ4v) is 3.22. The second-order valence-corrected chi connectivity index (χ2v) is 8.06. The molecule has 0 spiro atoms. The van der Waals surface area contributed by atoms with Crippen LogP contribution in [0.1, 0.15) is 29.5 Å². The van der Waals surface area contributed by atoms with Crippen molar-refractivity contribution in [2.24, 2.45) is 16.0 Å². The SMILES string of the molecule is Cc1ccc(C)c(/N=N/C(=O)NC(Cc2ccccc2)C(=O)NC(CCCNC(=N)N)C(=O)O)c1. The number of hydrogen-bond donors (Lipinski definition) is 6. The number of aliphatic carboxylic acids is 1. The summed E-state index contributed by atoms with van der Waals surface area (Å²) in [5.74, 6) is -2.08. The number of rotatable bonds is 11. The van der Waals surface area contributed by atoms with Crippen molar-refractivity contribution in [1.82, 2.24) is 16.0 Å². The Bertz CT molecular complexity index is 1070. The van der Waals surface area contributed by atoms with Crippen LogP contribution in [0.5, 0.6) is 0 Å². The maximum atomic E-state index is 13.0. The van der Waals surface area contributed by atoms with Gasteiger partial charge >= 0.3 is 12.0 Å². The normalized spacial score (nSPS) is 12.5. The largest absolute Gasteiger partial charge is 0.480 e. The fraction of sp³-hybridized carbons (Fsp3) is 0.333. The Kier molecular flexibility index (Phi) is 10.3. The molecule has 2 unspecified atom stereocenters. The number of aryl methyl sites for hydroxylation is 2. The molecule has 2 atom stereocenters. The molecule has 7 N–H and O–H groups in total. The summed E-state index contributed by atoms with van der Waals surface area (Å²) in [5, 5.41) is 31.9. The first-order chi connectivity index (χ1) is 16.7. The number of urea groups is 1. The lowest BCUT2D eigenvalue weighted by Gasteiger charge is -2.21. The Morgan fingerprint density at radius 1 is 1.06 bits per heavy atom. The molecule has 0 aliphatic rings. The summed E-state index contributed by atoms with van der Waals surface area (Å²) in [6, 6.07) is 11.5. The standard InChI is InChI=1S/C24H31N7O4/c1-15-10-11-16(2)19(13-15)30-31-24(35)29-20(14-17-7-4-3-5-8-17)21(32)28-18(22(33)34)9-6-12-27-23(25)26/h3-5,7-8,10-11,13,18,20H,6,9,12,14H2,1-2H3,(H,28,32)(H,29,35)(H,33,34)(H4,25,26,27)/b31-30+. The number of azo groups is 1. The third-order valence-electron chi connectivity index (χ3n) is 5.11. The molecule has 11 nitrogen and oxygen atoms in total. The van der Waals surface area contributed by atoms with E-state index in [1.54, 1.807) is 30.3 Å². The van der Waals surface area contributed by atoms with Gasteiger partial charge < -0.3 is 26.8 Å². The van der Waals surface area contributed by atoms with E-state index < -0.39 is 30.0 Å². The molecule has 2 rings (SSSR count). The molecule has 0 aromatic heterocycles. The van der Waals surface area contributed by atoms with Crippen LogP contribution in [0.2, 0.25) is 0 Å².